The molecule has 0 saturated carbocycles. The summed E-state index contributed by atoms with van der Waals surface area (Å²) in [6, 6.07) is 33.3. The molecule has 5 rings (SSSR count). The first-order valence-electron chi connectivity index (χ1n) is 9.96. The van der Waals surface area contributed by atoms with Crippen LogP contribution in [0.2, 0.25) is 0 Å². The van der Waals surface area contributed by atoms with E-state index in [1.807, 2.05) is 0 Å². The second-order valence-electron chi connectivity index (χ2n) is 8.35. The largest absolute Gasteiger partial charge is 0.0622 e. The Hall–Kier alpha value is -3.12. The Morgan fingerprint density at radius 3 is 2.00 bits per heavy atom. The van der Waals surface area contributed by atoms with Gasteiger partial charge in [-0.25, -0.2) is 0 Å². The lowest BCUT2D eigenvalue weighted by molar-refractivity contribution is 0.660. The molecule has 136 valence electrons. The Morgan fingerprint density at radius 2 is 1.25 bits per heavy atom. The Balaban J connectivity index is 1.73. The smallest absolute Gasteiger partial charge is 0.0159 e. The third kappa shape index (κ3) is 2.52. The third-order valence-electron chi connectivity index (χ3n) is 6.17. The predicted molar refractivity (Wildman–Crippen MR) is 120 cm³/mol. The van der Waals surface area contributed by atoms with Crippen LogP contribution in [0.3, 0.4) is 0 Å². The van der Waals surface area contributed by atoms with Gasteiger partial charge < -0.3 is 0 Å². The molecule has 0 radical (unpaired) electrons. The van der Waals surface area contributed by atoms with Crippen LogP contribution in [-0.2, 0) is 5.41 Å². The van der Waals surface area contributed by atoms with Gasteiger partial charge in [-0.3, -0.25) is 0 Å². The van der Waals surface area contributed by atoms with Gasteiger partial charge in [0.2, 0.25) is 0 Å². The highest BCUT2D eigenvalue weighted by Gasteiger charge is 2.36. The van der Waals surface area contributed by atoms with Crippen molar-refractivity contribution in [1.29, 1.82) is 0 Å². The van der Waals surface area contributed by atoms with Crippen LogP contribution in [0.1, 0.15) is 30.5 Å². The molecule has 1 aliphatic rings. The van der Waals surface area contributed by atoms with Crippen LogP contribution in [0.4, 0.5) is 0 Å². The Kier molecular flexibility index (Phi) is 3.77. The maximum atomic E-state index is 2.39. The lowest BCUT2D eigenvalue weighted by Crippen LogP contribution is -2.15. The molecule has 0 bridgehead atoms. The highest BCUT2D eigenvalue weighted by Crippen LogP contribution is 2.52. The van der Waals surface area contributed by atoms with E-state index in [1.165, 1.54) is 50.1 Å². The van der Waals surface area contributed by atoms with E-state index in [9.17, 15) is 0 Å². The first kappa shape index (κ1) is 17.0. The van der Waals surface area contributed by atoms with Crippen LogP contribution in [-0.4, -0.2) is 0 Å². The highest BCUT2D eigenvalue weighted by atomic mass is 14.4. The zero-order valence-corrected chi connectivity index (χ0v) is 16.7. The number of hydrogen-bond acceptors (Lipinski definition) is 0. The standard InChI is InChI=1S/C28H24/c1-19-12-14-21(15-13-19)23-10-7-11-25-27(23)24-17-16-22(18-26(24)28(25,2)3)20-8-5-4-6-9-20/h4-18H,1-3H3. The molecule has 0 saturated heterocycles. The van der Waals surface area contributed by atoms with Crippen molar-refractivity contribution in [2.75, 3.05) is 0 Å². The molecule has 0 unspecified atom stereocenters. The van der Waals surface area contributed by atoms with Gasteiger partial charge in [-0.1, -0.05) is 104 Å². The van der Waals surface area contributed by atoms with Gasteiger partial charge in [-0.2, -0.15) is 0 Å². The average Bonchev–Trinajstić information content (AvgIpc) is 2.96. The molecule has 0 nitrogen and oxygen atoms in total. The van der Waals surface area contributed by atoms with Crippen molar-refractivity contribution in [3.05, 3.63) is 108 Å². The highest BCUT2D eigenvalue weighted by molar-refractivity contribution is 5.93. The summed E-state index contributed by atoms with van der Waals surface area (Å²) in [6.45, 7) is 6.85. The van der Waals surface area contributed by atoms with Gasteiger partial charge in [-0.05, 0) is 57.5 Å². The summed E-state index contributed by atoms with van der Waals surface area (Å²) >= 11 is 0. The lowest BCUT2D eigenvalue weighted by Gasteiger charge is -2.22. The summed E-state index contributed by atoms with van der Waals surface area (Å²) in [7, 11) is 0. The van der Waals surface area contributed by atoms with Gasteiger partial charge in [0, 0.05) is 5.41 Å². The first-order valence-corrected chi connectivity index (χ1v) is 9.96. The van der Waals surface area contributed by atoms with Gasteiger partial charge >= 0.3 is 0 Å². The second-order valence-corrected chi connectivity index (χ2v) is 8.35. The van der Waals surface area contributed by atoms with Crippen LogP contribution in [0.15, 0.2) is 91.0 Å². The monoisotopic (exact) mass is 360 g/mol. The molecule has 0 atom stereocenters. The summed E-state index contributed by atoms with van der Waals surface area (Å²) in [5.41, 5.74) is 12.1. The zero-order valence-electron chi connectivity index (χ0n) is 16.7. The maximum absolute atomic E-state index is 2.39. The van der Waals surface area contributed by atoms with Crippen LogP contribution >= 0.6 is 0 Å². The lowest BCUT2D eigenvalue weighted by atomic mass is 9.81. The molecular formula is C28H24. The van der Waals surface area contributed by atoms with Crippen molar-refractivity contribution in [2.45, 2.75) is 26.2 Å². The van der Waals surface area contributed by atoms with Crippen LogP contribution in [0, 0.1) is 6.92 Å². The minimum absolute atomic E-state index is 0.00381. The predicted octanol–water partition coefficient (Wildman–Crippen LogP) is 7.64. The number of rotatable bonds is 2. The van der Waals surface area contributed by atoms with E-state index in [4.69, 9.17) is 0 Å². The van der Waals surface area contributed by atoms with Gasteiger partial charge in [0.1, 0.15) is 0 Å². The quantitative estimate of drug-likeness (QED) is 0.344. The number of hydrogen-bond donors (Lipinski definition) is 0. The van der Waals surface area contributed by atoms with E-state index in [1.54, 1.807) is 0 Å². The van der Waals surface area contributed by atoms with E-state index >= 15 is 0 Å². The van der Waals surface area contributed by atoms with Crippen molar-refractivity contribution in [3.8, 4) is 33.4 Å². The second kappa shape index (κ2) is 6.21. The molecule has 0 heteroatoms. The molecule has 0 spiro atoms. The number of aryl methyl sites for hydroxylation is 1. The first-order chi connectivity index (χ1) is 13.6. The minimum Gasteiger partial charge on any atom is -0.0622 e. The van der Waals surface area contributed by atoms with E-state index < -0.39 is 0 Å². The molecule has 0 fully saturated rings. The van der Waals surface area contributed by atoms with Gasteiger partial charge in [0.25, 0.3) is 0 Å². The van der Waals surface area contributed by atoms with Crippen LogP contribution < -0.4 is 0 Å². The van der Waals surface area contributed by atoms with Crippen molar-refractivity contribution < 1.29 is 0 Å². The van der Waals surface area contributed by atoms with Crippen LogP contribution in [0.25, 0.3) is 33.4 Å². The van der Waals surface area contributed by atoms with E-state index in [-0.39, 0.29) is 5.41 Å². The van der Waals surface area contributed by atoms with E-state index in [0.717, 1.165) is 0 Å². The van der Waals surface area contributed by atoms with Crippen LogP contribution in [0.5, 0.6) is 0 Å². The van der Waals surface area contributed by atoms with Crippen molar-refractivity contribution in [3.63, 3.8) is 0 Å². The molecular weight excluding hydrogens is 336 g/mol. The summed E-state index contributed by atoms with van der Waals surface area (Å²) in [6.07, 6.45) is 0. The van der Waals surface area contributed by atoms with Crippen molar-refractivity contribution in [2.24, 2.45) is 0 Å². The Morgan fingerprint density at radius 1 is 0.536 bits per heavy atom. The number of fused-ring (bicyclic) bond motifs is 3. The summed E-state index contributed by atoms with van der Waals surface area (Å²) < 4.78 is 0. The van der Waals surface area contributed by atoms with E-state index in [2.05, 4.69) is 112 Å². The maximum Gasteiger partial charge on any atom is 0.0159 e. The summed E-state index contributed by atoms with van der Waals surface area (Å²) in [5, 5.41) is 0. The zero-order chi connectivity index (χ0) is 19.3. The topological polar surface area (TPSA) is 0 Å². The molecule has 0 N–H and O–H groups in total. The molecule has 0 heterocycles. The molecule has 1 aliphatic carbocycles. The Labute approximate surface area is 167 Å². The molecule has 0 aliphatic heterocycles. The molecule has 28 heavy (non-hydrogen) atoms. The fraction of sp³-hybridized carbons (Fsp3) is 0.143. The van der Waals surface area contributed by atoms with Gasteiger partial charge in [-0.15, -0.1) is 0 Å². The Bertz CT molecular complexity index is 1160. The fourth-order valence-electron chi connectivity index (χ4n) is 4.57. The molecule has 4 aromatic rings. The normalized spacial score (nSPS) is 13.8. The van der Waals surface area contributed by atoms with Gasteiger partial charge in [0.15, 0.2) is 0 Å². The van der Waals surface area contributed by atoms with Crippen molar-refractivity contribution >= 4 is 0 Å². The number of benzene rings is 4. The summed E-state index contributed by atoms with van der Waals surface area (Å²) in [4.78, 5) is 0. The SMILES string of the molecule is Cc1ccc(-c2cccc3c2-c2ccc(-c4ccccc4)cc2C3(C)C)cc1. The molecule has 0 aromatic heterocycles. The third-order valence-corrected chi connectivity index (χ3v) is 6.17. The molecule has 0 amide bonds. The van der Waals surface area contributed by atoms with Crippen molar-refractivity contribution in [1.82, 2.24) is 0 Å². The minimum atomic E-state index is -0.00381. The average molecular weight is 361 g/mol. The van der Waals surface area contributed by atoms with Gasteiger partial charge in [0.05, 0.1) is 0 Å². The molecule has 4 aromatic carbocycles. The summed E-state index contributed by atoms with van der Waals surface area (Å²) in [5.74, 6) is 0. The van der Waals surface area contributed by atoms with E-state index in [0.29, 0.717) is 0 Å². The fourth-order valence-corrected chi connectivity index (χ4v) is 4.57.